The number of aromatic amines is 1. The Morgan fingerprint density at radius 2 is 2.00 bits per heavy atom. The van der Waals surface area contributed by atoms with Gasteiger partial charge in [0.2, 0.25) is 0 Å². The van der Waals surface area contributed by atoms with Crippen molar-refractivity contribution in [2.45, 2.75) is 20.0 Å². The van der Waals surface area contributed by atoms with E-state index in [1.54, 1.807) is 0 Å². The highest BCUT2D eigenvalue weighted by atomic mass is 16.5. The topological polar surface area (TPSA) is 58.1 Å². The Hall–Kier alpha value is -2.31. The van der Waals surface area contributed by atoms with Crippen molar-refractivity contribution in [2.75, 3.05) is 31.2 Å². The van der Waals surface area contributed by atoms with Crippen LogP contribution in [0.15, 0.2) is 30.3 Å². The van der Waals surface area contributed by atoms with Crippen molar-refractivity contribution < 1.29 is 4.74 Å². The van der Waals surface area contributed by atoms with E-state index in [-0.39, 0.29) is 0 Å². The molecule has 4 rings (SSSR count). The van der Waals surface area contributed by atoms with Crippen LogP contribution in [0, 0.1) is 6.92 Å². The lowest BCUT2D eigenvalue weighted by atomic mass is 10.2. The van der Waals surface area contributed by atoms with E-state index in [9.17, 15) is 0 Å². The molecule has 2 N–H and O–H groups in total. The van der Waals surface area contributed by atoms with Crippen molar-refractivity contribution in [2.24, 2.45) is 7.05 Å². The normalized spacial score (nSPS) is 15.2. The van der Waals surface area contributed by atoms with E-state index in [1.165, 1.54) is 28.0 Å². The molecule has 6 nitrogen and oxygen atoms in total. The van der Waals surface area contributed by atoms with Crippen molar-refractivity contribution in [3.8, 4) is 0 Å². The number of rotatable bonds is 5. The zero-order valence-corrected chi connectivity index (χ0v) is 14.9. The lowest BCUT2D eigenvalue weighted by Crippen LogP contribution is -2.38. The first-order valence-electron chi connectivity index (χ1n) is 8.85. The number of aromatic nitrogens is 3. The number of fused-ring (bicyclic) bond motifs is 1. The molecule has 0 radical (unpaired) electrons. The van der Waals surface area contributed by atoms with Gasteiger partial charge in [-0.15, -0.1) is 0 Å². The number of H-pyrrole nitrogens is 1. The van der Waals surface area contributed by atoms with Crippen molar-refractivity contribution >= 4 is 16.7 Å². The van der Waals surface area contributed by atoms with Crippen LogP contribution in [0.1, 0.15) is 17.0 Å². The number of anilines is 1. The molecule has 132 valence electrons. The van der Waals surface area contributed by atoms with E-state index in [0.29, 0.717) is 0 Å². The van der Waals surface area contributed by atoms with Crippen LogP contribution in [0.2, 0.25) is 0 Å². The maximum Gasteiger partial charge on any atom is 0.131 e. The van der Waals surface area contributed by atoms with Gasteiger partial charge in [-0.25, -0.2) is 0 Å². The fourth-order valence-corrected chi connectivity index (χ4v) is 3.62. The first-order chi connectivity index (χ1) is 12.2. The SMILES string of the molecule is Cc1nn(C)c(N2CCOCC2)c1CNCc1cc2ccccc2[nH]1. The molecule has 3 heterocycles. The molecular formula is C19H25N5O. The van der Waals surface area contributed by atoms with Gasteiger partial charge in [0.05, 0.1) is 18.9 Å². The molecule has 0 atom stereocenters. The van der Waals surface area contributed by atoms with Crippen molar-refractivity contribution in [3.63, 3.8) is 0 Å². The highest BCUT2D eigenvalue weighted by Gasteiger charge is 2.21. The monoisotopic (exact) mass is 339 g/mol. The van der Waals surface area contributed by atoms with E-state index in [1.807, 2.05) is 11.7 Å². The van der Waals surface area contributed by atoms with Crippen molar-refractivity contribution in [1.29, 1.82) is 0 Å². The average Bonchev–Trinajstić information content (AvgIpc) is 3.16. The van der Waals surface area contributed by atoms with Crippen molar-refractivity contribution in [1.82, 2.24) is 20.1 Å². The van der Waals surface area contributed by atoms with Gasteiger partial charge < -0.3 is 19.9 Å². The van der Waals surface area contributed by atoms with E-state index in [2.05, 4.69) is 57.6 Å². The van der Waals surface area contributed by atoms with Gasteiger partial charge >= 0.3 is 0 Å². The summed E-state index contributed by atoms with van der Waals surface area (Å²) in [6.07, 6.45) is 0. The third kappa shape index (κ3) is 3.27. The van der Waals surface area contributed by atoms with E-state index in [0.717, 1.165) is 45.1 Å². The lowest BCUT2D eigenvalue weighted by Gasteiger charge is -2.29. The number of hydrogen-bond acceptors (Lipinski definition) is 4. The Morgan fingerprint density at radius 1 is 1.20 bits per heavy atom. The number of nitrogens with zero attached hydrogens (tertiary/aromatic N) is 3. The zero-order chi connectivity index (χ0) is 17.2. The Morgan fingerprint density at radius 3 is 2.80 bits per heavy atom. The first-order valence-corrected chi connectivity index (χ1v) is 8.85. The molecule has 1 aliphatic rings. The zero-order valence-electron chi connectivity index (χ0n) is 14.9. The summed E-state index contributed by atoms with van der Waals surface area (Å²) in [6, 6.07) is 10.6. The predicted molar refractivity (Wildman–Crippen MR) is 99.8 cm³/mol. The predicted octanol–water partition coefficient (Wildman–Crippen LogP) is 2.34. The lowest BCUT2D eigenvalue weighted by molar-refractivity contribution is 0.122. The summed E-state index contributed by atoms with van der Waals surface area (Å²) in [6.45, 7) is 7.12. The van der Waals surface area contributed by atoms with Crippen LogP contribution in [-0.4, -0.2) is 41.1 Å². The molecule has 6 heteroatoms. The molecular weight excluding hydrogens is 314 g/mol. The Labute approximate surface area is 147 Å². The van der Waals surface area contributed by atoms with Crippen LogP contribution >= 0.6 is 0 Å². The minimum atomic E-state index is 0.784. The minimum absolute atomic E-state index is 0.784. The minimum Gasteiger partial charge on any atom is -0.378 e. The van der Waals surface area contributed by atoms with E-state index >= 15 is 0 Å². The molecule has 1 fully saturated rings. The summed E-state index contributed by atoms with van der Waals surface area (Å²) in [4.78, 5) is 5.85. The number of ether oxygens (including phenoxy) is 1. The number of benzene rings is 1. The van der Waals surface area contributed by atoms with Crippen LogP contribution in [0.25, 0.3) is 10.9 Å². The first kappa shape index (κ1) is 16.2. The van der Waals surface area contributed by atoms with Gasteiger partial charge in [0.1, 0.15) is 5.82 Å². The molecule has 0 saturated carbocycles. The maximum atomic E-state index is 5.48. The standard InChI is InChI=1S/C19H25N5O/c1-14-17(19(23(2)22-14)24-7-9-25-10-8-24)13-20-12-16-11-15-5-3-4-6-18(15)21-16/h3-6,11,20-21H,7-10,12-13H2,1-2H3. The molecule has 1 saturated heterocycles. The Balaban J connectivity index is 1.47. The Kier molecular flexibility index (Phi) is 4.46. The Bertz CT molecular complexity index is 827. The average molecular weight is 339 g/mol. The molecule has 0 aliphatic carbocycles. The van der Waals surface area contributed by atoms with Gasteiger partial charge in [-0.2, -0.15) is 5.10 Å². The van der Waals surface area contributed by atoms with Crippen molar-refractivity contribution in [3.05, 3.63) is 47.3 Å². The third-order valence-electron chi connectivity index (χ3n) is 4.83. The fraction of sp³-hybridized carbons (Fsp3) is 0.421. The van der Waals surface area contributed by atoms with Gasteiger partial charge in [0.25, 0.3) is 0 Å². The van der Waals surface area contributed by atoms with Crippen LogP contribution in [-0.2, 0) is 24.9 Å². The molecule has 0 amide bonds. The molecule has 0 spiro atoms. The molecule has 0 unspecified atom stereocenters. The van der Waals surface area contributed by atoms with E-state index in [4.69, 9.17) is 4.74 Å². The largest absolute Gasteiger partial charge is 0.378 e. The number of morpholine rings is 1. The van der Waals surface area contributed by atoms with Crippen LogP contribution in [0.4, 0.5) is 5.82 Å². The number of aryl methyl sites for hydroxylation is 2. The smallest absolute Gasteiger partial charge is 0.131 e. The summed E-state index contributed by atoms with van der Waals surface area (Å²) in [5.74, 6) is 1.21. The van der Waals surface area contributed by atoms with Crippen LogP contribution < -0.4 is 10.2 Å². The summed E-state index contributed by atoms with van der Waals surface area (Å²) >= 11 is 0. The number of para-hydroxylation sites is 1. The second-order valence-electron chi connectivity index (χ2n) is 6.60. The molecule has 3 aromatic rings. The molecule has 2 aromatic heterocycles. The van der Waals surface area contributed by atoms with Crippen LogP contribution in [0.5, 0.6) is 0 Å². The third-order valence-corrected chi connectivity index (χ3v) is 4.83. The molecule has 25 heavy (non-hydrogen) atoms. The van der Waals surface area contributed by atoms with Gasteiger partial charge in [-0.05, 0) is 24.4 Å². The second kappa shape index (κ2) is 6.90. The molecule has 0 bridgehead atoms. The molecule has 1 aromatic carbocycles. The maximum absolute atomic E-state index is 5.48. The van der Waals surface area contributed by atoms with Gasteiger partial charge in [-0.3, -0.25) is 4.68 Å². The highest BCUT2D eigenvalue weighted by molar-refractivity contribution is 5.80. The number of nitrogens with one attached hydrogen (secondary N) is 2. The van der Waals surface area contributed by atoms with Crippen LogP contribution in [0.3, 0.4) is 0 Å². The number of hydrogen-bond donors (Lipinski definition) is 2. The second-order valence-corrected chi connectivity index (χ2v) is 6.60. The van der Waals surface area contributed by atoms with Gasteiger partial charge in [0, 0.05) is 50.0 Å². The van der Waals surface area contributed by atoms with Gasteiger partial charge in [0.15, 0.2) is 0 Å². The highest BCUT2D eigenvalue weighted by Crippen LogP contribution is 2.24. The van der Waals surface area contributed by atoms with Gasteiger partial charge in [-0.1, -0.05) is 18.2 Å². The van der Waals surface area contributed by atoms with E-state index < -0.39 is 0 Å². The quantitative estimate of drug-likeness (QED) is 0.749. The molecule has 1 aliphatic heterocycles. The summed E-state index contributed by atoms with van der Waals surface area (Å²) in [5.41, 5.74) is 4.76. The summed E-state index contributed by atoms with van der Waals surface area (Å²) in [7, 11) is 2.03. The summed E-state index contributed by atoms with van der Waals surface area (Å²) in [5, 5.41) is 9.46. The summed E-state index contributed by atoms with van der Waals surface area (Å²) < 4.78 is 7.49. The fourth-order valence-electron chi connectivity index (χ4n) is 3.62.